The second-order valence-corrected chi connectivity index (χ2v) is 5.91. The van der Waals surface area contributed by atoms with Gasteiger partial charge < -0.3 is 9.40 Å². The summed E-state index contributed by atoms with van der Waals surface area (Å²) in [6.45, 7) is 1.86. The summed E-state index contributed by atoms with van der Waals surface area (Å²) in [6.07, 6.45) is 5.25. The van der Waals surface area contributed by atoms with E-state index in [1.54, 1.807) is 18.5 Å². The first-order valence-electron chi connectivity index (χ1n) is 8.05. The number of rotatable bonds is 6. The van der Waals surface area contributed by atoms with Crippen molar-refractivity contribution in [2.24, 2.45) is 0 Å². The summed E-state index contributed by atoms with van der Waals surface area (Å²) in [5.41, 5.74) is 2.17. The van der Waals surface area contributed by atoms with Crippen LogP contribution < -0.4 is 0 Å². The Morgan fingerprint density at radius 2 is 2.00 bits per heavy atom. The number of aromatic amines is 1. The third-order valence-corrected chi connectivity index (χ3v) is 3.97. The molecule has 0 aliphatic carbocycles. The molecule has 0 saturated carbocycles. The molecule has 0 saturated heterocycles. The summed E-state index contributed by atoms with van der Waals surface area (Å²) in [5, 5.41) is 0. The monoisotopic (exact) mass is 336 g/mol. The van der Waals surface area contributed by atoms with Crippen molar-refractivity contribution < 1.29 is 8.81 Å². The number of imidazole rings is 1. The summed E-state index contributed by atoms with van der Waals surface area (Å²) >= 11 is 0. The van der Waals surface area contributed by atoms with E-state index in [1.165, 1.54) is 6.07 Å². The normalized spacial score (nSPS) is 11.4. The van der Waals surface area contributed by atoms with Crippen molar-refractivity contribution in [2.75, 3.05) is 0 Å². The van der Waals surface area contributed by atoms with Gasteiger partial charge in [0.05, 0.1) is 24.9 Å². The first-order valence-corrected chi connectivity index (χ1v) is 8.05. The Morgan fingerprint density at radius 3 is 2.76 bits per heavy atom. The first kappa shape index (κ1) is 15.5. The quantitative estimate of drug-likeness (QED) is 0.580. The van der Waals surface area contributed by atoms with Crippen molar-refractivity contribution in [3.8, 4) is 0 Å². The van der Waals surface area contributed by atoms with Crippen molar-refractivity contribution in [1.29, 1.82) is 0 Å². The lowest BCUT2D eigenvalue weighted by Crippen LogP contribution is -2.23. The van der Waals surface area contributed by atoms with Crippen LogP contribution in [0.15, 0.2) is 65.5 Å². The zero-order chi connectivity index (χ0) is 17.1. The van der Waals surface area contributed by atoms with Gasteiger partial charge in [-0.25, -0.2) is 9.37 Å². The number of nitrogens with one attached hydrogen (secondary N) is 1. The highest BCUT2D eigenvalue weighted by molar-refractivity contribution is 5.75. The van der Waals surface area contributed by atoms with Crippen LogP contribution in [0.5, 0.6) is 0 Å². The maximum atomic E-state index is 13.9. The Bertz CT molecular complexity index is 950. The number of nitrogens with zero attached hydrogens (tertiary/aromatic N) is 3. The minimum absolute atomic E-state index is 0.315. The summed E-state index contributed by atoms with van der Waals surface area (Å²) in [4.78, 5) is 13.9. The zero-order valence-corrected chi connectivity index (χ0v) is 13.5. The predicted molar refractivity (Wildman–Crippen MR) is 91.9 cm³/mol. The second kappa shape index (κ2) is 6.86. The fourth-order valence-electron chi connectivity index (χ4n) is 2.88. The molecule has 0 bridgehead atoms. The molecule has 4 aromatic rings. The topological polar surface area (TPSA) is 58.0 Å². The standard InChI is InChI=1S/C19H17FN4O/c20-16-6-1-7-17-19(16)23-18(22-17)13-24(12-15-5-3-9-25-15)11-14-4-2-8-21-10-14/h1-10H,11-13H2,(H,22,23). The number of hydrogen-bond acceptors (Lipinski definition) is 4. The smallest absolute Gasteiger partial charge is 0.151 e. The van der Waals surface area contributed by atoms with Crippen LogP contribution in [0.25, 0.3) is 11.0 Å². The Balaban J connectivity index is 1.58. The third kappa shape index (κ3) is 3.59. The van der Waals surface area contributed by atoms with Gasteiger partial charge in [0.1, 0.15) is 17.1 Å². The van der Waals surface area contributed by atoms with Crippen LogP contribution in [0.2, 0.25) is 0 Å². The van der Waals surface area contributed by atoms with Crippen molar-refractivity contribution in [3.05, 3.63) is 84.1 Å². The summed E-state index contributed by atoms with van der Waals surface area (Å²) in [6, 6.07) is 12.7. The largest absolute Gasteiger partial charge is 0.468 e. The molecule has 25 heavy (non-hydrogen) atoms. The SMILES string of the molecule is Fc1cccc2[nH]c(CN(Cc3cccnc3)Cc3ccco3)nc12. The van der Waals surface area contributed by atoms with Crippen LogP contribution in [0.4, 0.5) is 4.39 Å². The van der Waals surface area contributed by atoms with E-state index in [1.807, 2.05) is 36.5 Å². The number of furan rings is 1. The Hall–Kier alpha value is -2.99. The third-order valence-electron chi connectivity index (χ3n) is 3.97. The van der Waals surface area contributed by atoms with Gasteiger partial charge >= 0.3 is 0 Å². The van der Waals surface area contributed by atoms with E-state index in [-0.39, 0.29) is 5.82 Å². The number of fused-ring (bicyclic) bond motifs is 1. The molecule has 1 aromatic carbocycles. The van der Waals surface area contributed by atoms with Crippen LogP contribution in [0, 0.1) is 5.82 Å². The molecular formula is C19H17FN4O. The van der Waals surface area contributed by atoms with E-state index in [9.17, 15) is 4.39 Å². The van der Waals surface area contributed by atoms with Gasteiger partial charge in [0, 0.05) is 18.9 Å². The molecule has 0 aliphatic rings. The summed E-state index contributed by atoms with van der Waals surface area (Å²) < 4.78 is 19.3. The van der Waals surface area contributed by atoms with Crippen molar-refractivity contribution in [1.82, 2.24) is 19.9 Å². The molecule has 1 N–H and O–H groups in total. The number of halogens is 1. The number of para-hydroxylation sites is 1. The number of hydrogen-bond donors (Lipinski definition) is 1. The molecule has 0 atom stereocenters. The van der Waals surface area contributed by atoms with Crippen LogP contribution in [0.3, 0.4) is 0 Å². The van der Waals surface area contributed by atoms with Crippen LogP contribution >= 0.6 is 0 Å². The van der Waals surface area contributed by atoms with Gasteiger partial charge in [-0.1, -0.05) is 12.1 Å². The second-order valence-electron chi connectivity index (χ2n) is 5.91. The maximum Gasteiger partial charge on any atom is 0.151 e. The molecule has 0 fully saturated rings. The molecular weight excluding hydrogens is 319 g/mol. The molecule has 126 valence electrons. The molecule has 0 radical (unpaired) electrons. The zero-order valence-electron chi connectivity index (χ0n) is 13.5. The van der Waals surface area contributed by atoms with Gasteiger partial charge in [-0.2, -0.15) is 0 Å². The van der Waals surface area contributed by atoms with Gasteiger partial charge in [-0.05, 0) is 35.9 Å². The van der Waals surface area contributed by atoms with Gasteiger partial charge in [-0.3, -0.25) is 9.88 Å². The van der Waals surface area contributed by atoms with E-state index in [0.717, 1.165) is 17.1 Å². The van der Waals surface area contributed by atoms with Gasteiger partial charge in [0.2, 0.25) is 0 Å². The minimum atomic E-state index is -0.315. The highest BCUT2D eigenvalue weighted by Gasteiger charge is 2.14. The summed E-state index contributed by atoms with van der Waals surface area (Å²) in [7, 11) is 0. The molecule has 3 aromatic heterocycles. The fraction of sp³-hybridized carbons (Fsp3) is 0.158. The Labute approximate surface area is 144 Å². The average Bonchev–Trinajstić information content (AvgIpc) is 3.26. The highest BCUT2D eigenvalue weighted by atomic mass is 19.1. The summed E-state index contributed by atoms with van der Waals surface area (Å²) in [5.74, 6) is 1.27. The van der Waals surface area contributed by atoms with Crippen molar-refractivity contribution >= 4 is 11.0 Å². The predicted octanol–water partition coefficient (Wildman–Crippen LogP) is 3.89. The molecule has 0 aliphatic heterocycles. The molecule has 0 spiro atoms. The van der Waals surface area contributed by atoms with Crippen molar-refractivity contribution in [3.63, 3.8) is 0 Å². The van der Waals surface area contributed by atoms with E-state index in [0.29, 0.717) is 30.7 Å². The van der Waals surface area contributed by atoms with Gasteiger partial charge in [-0.15, -0.1) is 0 Å². The lowest BCUT2D eigenvalue weighted by molar-refractivity contribution is 0.222. The van der Waals surface area contributed by atoms with Crippen LogP contribution in [-0.4, -0.2) is 19.9 Å². The van der Waals surface area contributed by atoms with Gasteiger partial charge in [0.15, 0.2) is 5.82 Å². The maximum absolute atomic E-state index is 13.9. The number of aromatic nitrogens is 3. The van der Waals surface area contributed by atoms with E-state index >= 15 is 0 Å². The Kier molecular flexibility index (Phi) is 4.26. The van der Waals surface area contributed by atoms with Crippen LogP contribution in [0.1, 0.15) is 17.1 Å². The first-order chi connectivity index (χ1) is 12.3. The highest BCUT2D eigenvalue weighted by Crippen LogP contribution is 2.18. The lowest BCUT2D eigenvalue weighted by atomic mass is 10.2. The van der Waals surface area contributed by atoms with Crippen LogP contribution in [-0.2, 0) is 19.6 Å². The molecule has 4 rings (SSSR count). The molecule has 0 amide bonds. The van der Waals surface area contributed by atoms with E-state index in [4.69, 9.17) is 4.42 Å². The molecule has 5 nitrogen and oxygen atoms in total. The minimum Gasteiger partial charge on any atom is -0.468 e. The van der Waals surface area contributed by atoms with E-state index in [2.05, 4.69) is 19.9 Å². The average molecular weight is 336 g/mol. The number of benzene rings is 1. The van der Waals surface area contributed by atoms with Crippen molar-refractivity contribution in [2.45, 2.75) is 19.6 Å². The number of pyridine rings is 1. The van der Waals surface area contributed by atoms with Gasteiger partial charge in [0.25, 0.3) is 0 Å². The molecule has 6 heteroatoms. The lowest BCUT2D eigenvalue weighted by Gasteiger charge is -2.20. The molecule has 3 heterocycles. The fourth-order valence-corrected chi connectivity index (χ4v) is 2.88. The number of H-pyrrole nitrogens is 1. The van der Waals surface area contributed by atoms with E-state index < -0.39 is 0 Å². The molecule has 0 unspecified atom stereocenters. The Morgan fingerprint density at radius 1 is 1.04 bits per heavy atom.